The van der Waals surface area contributed by atoms with Crippen molar-refractivity contribution in [3.63, 3.8) is 0 Å². The van der Waals surface area contributed by atoms with Crippen LogP contribution in [-0.2, 0) is 11.3 Å². The maximum Gasteiger partial charge on any atom is 0.194 e. The van der Waals surface area contributed by atoms with Crippen LogP contribution in [0.5, 0.6) is 0 Å². The number of aliphatic imine (C=N–C) groups is 1. The molecule has 3 atom stereocenters. The Morgan fingerprint density at radius 2 is 2.33 bits per heavy atom. The fourth-order valence-corrected chi connectivity index (χ4v) is 4.82. The van der Waals surface area contributed by atoms with Gasteiger partial charge in [0, 0.05) is 49.5 Å². The minimum atomic E-state index is 0. The largest absolute Gasteiger partial charge is 0.377 e. The summed E-state index contributed by atoms with van der Waals surface area (Å²) in [5, 5.41) is 3.81. The SMILES string of the molecule is CCN=C(NC1C2CCOC2C12CCC2)N(C)Cc1ccc[nH]1.I. The van der Waals surface area contributed by atoms with Gasteiger partial charge in [0.1, 0.15) is 0 Å². The summed E-state index contributed by atoms with van der Waals surface area (Å²) < 4.78 is 6.03. The first kappa shape index (κ1) is 18.0. The molecule has 1 aliphatic heterocycles. The van der Waals surface area contributed by atoms with Crippen molar-refractivity contribution in [2.75, 3.05) is 20.2 Å². The van der Waals surface area contributed by atoms with Gasteiger partial charge >= 0.3 is 0 Å². The number of guanidine groups is 1. The van der Waals surface area contributed by atoms with Gasteiger partial charge in [0.2, 0.25) is 0 Å². The van der Waals surface area contributed by atoms with E-state index in [-0.39, 0.29) is 24.0 Å². The van der Waals surface area contributed by atoms with Gasteiger partial charge in [-0.2, -0.15) is 0 Å². The predicted molar refractivity (Wildman–Crippen MR) is 107 cm³/mol. The van der Waals surface area contributed by atoms with Crippen molar-refractivity contribution in [1.29, 1.82) is 0 Å². The molecule has 2 N–H and O–H groups in total. The van der Waals surface area contributed by atoms with Crippen molar-refractivity contribution in [3.05, 3.63) is 24.0 Å². The summed E-state index contributed by atoms with van der Waals surface area (Å²) in [5.41, 5.74) is 1.61. The van der Waals surface area contributed by atoms with Gasteiger partial charge < -0.3 is 19.9 Å². The first-order chi connectivity index (χ1) is 11.2. The number of hydrogen-bond acceptors (Lipinski definition) is 2. The number of aromatic nitrogens is 1. The Balaban J connectivity index is 0.00000169. The molecule has 0 aromatic carbocycles. The van der Waals surface area contributed by atoms with Crippen molar-refractivity contribution < 1.29 is 4.74 Å². The van der Waals surface area contributed by atoms with Crippen LogP contribution in [0.15, 0.2) is 23.3 Å². The van der Waals surface area contributed by atoms with E-state index >= 15 is 0 Å². The number of rotatable bonds is 4. The minimum absolute atomic E-state index is 0. The standard InChI is InChI=1S/C18H28N4O.HI/c1-3-19-17(22(2)12-13-6-4-10-20-13)21-15-14-7-11-23-16(14)18(15)8-5-9-18;/h4,6,10,14-16,20H,3,5,7-9,11-12H2,1-2H3,(H,19,21);1H. The Kier molecular flexibility index (Phi) is 5.44. The lowest BCUT2D eigenvalue weighted by atomic mass is 9.46. The molecule has 1 aromatic heterocycles. The summed E-state index contributed by atoms with van der Waals surface area (Å²) in [7, 11) is 2.12. The zero-order valence-electron chi connectivity index (χ0n) is 14.6. The number of halogens is 1. The second-order valence-corrected chi connectivity index (χ2v) is 7.30. The van der Waals surface area contributed by atoms with E-state index in [0.29, 0.717) is 23.5 Å². The summed E-state index contributed by atoms with van der Waals surface area (Å²) >= 11 is 0. The van der Waals surface area contributed by atoms with E-state index in [4.69, 9.17) is 9.73 Å². The highest BCUT2D eigenvalue weighted by Crippen LogP contribution is 2.62. The number of nitrogens with zero attached hydrogens (tertiary/aromatic N) is 2. The Morgan fingerprint density at radius 1 is 1.50 bits per heavy atom. The van der Waals surface area contributed by atoms with E-state index in [1.54, 1.807) is 0 Å². The zero-order valence-corrected chi connectivity index (χ0v) is 17.0. The third-order valence-corrected chi connectivity index (χ3v) is 6.06. The molecule has 5 nitrogen and oxygen atoms in total. The van der Waals surface area contributed by atoms with Crippen molar-refractivity contribution >= 4 is 29.9 Å². The summed E-state index contributed by atoms with van der Waals surface area (Å²) in [6.45, 7) is 4.70. The van der Waals surface area contributed by atoms with Gasteiger partial charge in [0.05, 0.1) is 12.6 Å². The topological polar surface area (TPSA) is 52.7 Å². The second kappa shape index (κ2) is 7.23. The van der Waals surface area contributed by atoms with E-state index in [1.807, 2.05) is 12.3 Å². The van der Waals surface area contributed by atoms with E-state index < -0.39 is 0 Å². The maximum absolute atomic E-state index is 6.03. The van der Waals surface area contributed by atoms with Crippen molar-refractivity contribution in [2.24, 2.45) is 16.3 Å². The summed E-state index contributed by atoms with van der Waals surface area (Å²) in [6.07, 6.45) is 7.65. The lowest BCUT2D eigenvalue weighted by Gasteiger charge is -2.63. The zero-order chi connectivity index (χ0) is 15.9. The van der Waals surface area contributed by atoms with Gasteiger partial charge in [-0.1, -0.05) is 6.42 Å². The Labute approximate surface area is 161 Å². The fraction of sp³-hybridized carbons (Fsp3) is 0.722. The van der Waals surface area contributed by atoms with Gasteiger partial charge in [-0.15, -0.1) is 24.0 Å². The molecule has 2 aliphatic carbocycles. The van der Waals surface area contributed by atoms with Gasteiger partial charge in [0.25, 0.3) is 0 Å². The molecule has 4 rings (SSSR count). The lowest BCUT2D eigenvalue weighted by Crippen LogP contribution is -2.72. The molecule has 0 radical (unpaired) electrons. The average molecular weight is 444 g/mol. The van der Waals surface area contributed by atoms with Gasteiger partial charge in [-0.05, 0) is 38.3 Å². The predicted octanol–water partition coefficient (Wildman–Crippen LogP) is 2.99. The first-order valence-electron chi connectivity index (χ1n) is 9.00. The summed E-state index contributed by atoms with van der Waals surface area (Å²) in [6, 6.07) is 4.71. The monoisotopic (exact) mass is 444 g/mol. The minimum Gasteiger partial charge on any atom is -0.377 e. The van der Waals surface area contributed by atoms with Crippen molar-refractivity contribution in [2.45, 2.75) is 51.3 Å². The van der Waals surface area contributed by atoms with Crippen LogP contribution in [0.2, 0.25) is 0 Å². The molecule has 2 heterocycles. The first-order valence-corrected chi connectivity index (χ1v) is 9.00. The molecule has 1 aromatic rings. The van der Waals surface area contributed by atoms with E-state index in [2.05, 4.69) is 35.2 Å². The highest BCUT2D eigenvalue weighted by Gasteiger charge is 2.66. The molecule has 134 valence electrons. The molecule has 0 bridgehead atoms. The van der Waals surface area contributed by atoms with Gasteiger partial charge in [0.15, 0.2) is 5.96 Å². The Morgan fingerprint density at radius 3 is 2.96 bits per heavy atom. The number of H-pyrrole nitrogens is 1. The van der Waals surface area contributed by atoms with Crippen LogP contribution < -0.4 is 5.32 Å². The molecular formula is C18H29IN4O. The molecular weight excluding hydrogens is 415 g/mol. The van der Waals surface area contributed by atoms with Crippen molar-refractivity contribution in [3.8, 4) is 0 Å². The average Bonchev–Trinajstić information content (AvgIpc) is 3.12. The number of ether oxygens (including phenoxy) is 1. The molecule has 6 heteroatoms. The molecule has 1 spiro atoms. The molecule has 3 fully saturated rings. The maximum atomic E-state index is 6.03. The summed E-state index contributed by atoms with van der Waals surface area (Å²) in [5.74, 6) is 1.71. The van der Waals surface area contributed by atoms with E-state index in [9.17, 15) is 0 Å². The van der Waals surface area contributed by atoms with E-state index in [0.717, 1.165) is 25.7 Å². The van der Waals surface area contributed by atoms with Crippen LogP contribution in [0.25, 0.3) is 0 Å². The third-order valence-electron chi connectivity index (χ3n) is 6.06. The Bertz CT molecular complexity index is 570. The quantitative estimate of drug-likeness (QED) is 0.427. The molecule has 3 aliphatic rings. The molecule has 2 saturated carbocycles. The van der Waals surface area contributed by atoms with E-state index in [1.165, 1.54) is 31.4 Å². The second-order valence-electron chi connectivity index (χ2n) is 7.30. The fourth-order valence-electron chi connectivity index (χ4n) is 4.82. The lowest BCUT2D eigenvalue weighted by molar-refractivity contribution is -0.171. The normalized spacial score (nSPS) is 30.1. The van der Waals surface area contributed by atoms with Gasteiger partial charge in [-0.3, -0.25) is 4.99 Å². The molecule has 0 amide bonds. The van der Waals surface area contributed by atoms with Crippen molar-refractivity contribution in [1.82, 2.24) is 15.2 Å². The summed E-state index contributed by atoms with van der Waals surface area (Å²) in [4.78, 5) is 10.2. The number of hydrogen-bond donors (Lipinski definition) is 2. The number of fused-ring (bicyclic) bond motifs is 2. The third kappa shape index (κ3) is 2.85. The number of aromatic amines is 1. The van der Waals surface area contributed by atoms with Crippen LogP contribution in [0.3, 0.4) is 0 Å². The highest BCUT2D eigenvalue weighted by molar-refractivity contribution is 14.0. The molecule has 1 saturated heterocycles. The van der Waals surface area contributed by atoms with Crippen LogP contribution in [0.4, 0.5) is 0 Å². The molecule has 24 heavy (non-hydrogen) atoms. The van der Waals surface area contributed by atoms with Crippen LogP contribution in [0.1, 0.15) is 38.3 Å². The molecule has 3 unspecified atom stereocenters. The van der Waals surface area contributed by atoms with Crippen LogP contribution in [0, 0.1) is 11.3 Å². The van der Waals surface area contributed by atoms with Crippen LogP contribution in [-0.4, -0.2) is 48.2 Å². The van der Waals surface area contributed by atoms with Gasteiger partial charge in [-0.25, -0.2) is 0 Å². The number of nitrogens with one attached hydrogen (secondary N) is 2. The Hall–Kier alpha value is -0.760. The smallest absolute Gasteiger partial charge is 0.194 e. The highest BCUT2D eigenvalue weighted by atomic mass is 127. The van der Waals surface area contributed by atoms with Crippen LogP contribution >= 0.6 is 24.0 Å².